The smallest absolute Gasteiger partial charge is 0.276 e. The van der Waals surface area contributed by atoms with Gasteiger partial charge in [-0.15, -0.1) is 10.2 Å². The molecule has 0 aliphatic heterocycles. The van der Waals surface area contributed by atoms with Crippen molar-refractivity contribution in [3.8, 4) is 0 Å². The van der Waals surface area contributed by atoms with Crippen LogP contribution < -0.4 is 0 Å². The number of rotatable bonds is 9. The highest BCUT2D eigenvalue weighted by atomic mass is 32.2. The van der Waals surface area contributed by atoms with E-state index in [0.29, 0.717) is 17.5 Å². The number of hydrogen-bond donors (Lipinski definition) is 0. The van der Waals surface area contributed by atoms with Gasteiger partial charge in [-0.1, -0.05) is 30.3 Å². The molecule has 2 aromatic heterocycles. The van der Waals surface area contributed by atoms with Gasteiger partial charge in [-0.3, -0.25) is 4.68 Å². The van der Waals surface area contributed by atoms with Crippen LogP contribution in [0.25, 0.3) is 0 Å². The summed E-state index contributed by atoms with van der Waals surface area (Å²) in [4.78, 5) is 0. The molecule has 132 valence electrons. The quantitative estimate of drug-likeness (QED) is 0.421. The van der Waals surface area contributed by atoms with Crippen LogP contribution in [0.3, 0.4) is 0 Å². The van der Waals surface area contributed by atoms with E-state index in [9.17, 15) is 4.39 Å². The molecule has 0 amide bonds. The summed E-state index contributed by atoms with van der Waals surface area (Å²) >= 11 is 1.57. The summed E-state index contributed by atoms with van der Waals surface area (Å²) < 4.78 is 20.8. The average molecular weight is 360 g/mol. The van der Waals surface area contributed by atoms with Crippen molar-refractivity contribution in [1.29, 1.82) is 0 Å². The molecule has 1 aromatic carbocycles. The molecule has 3 rings (SSSR count). The summed E-state index contributed by atoms with van der Waals surface area (Å²) in [5.74, 6) is 1.21. The Morgan fingerprint density at radius 1 is 1.20 bits per heavy atom. The molecule has 0 saturated heterocycles. The Kier molecular flexibility index (Phi) is 6.22. The molecule has 5 nitrogen and oxygen atoms in total. The number of unbranched alkanes of at least 4 members (excludes halogenated alkanes) is 2. The molecule has 25 heavy (non-hydrogen) atoms. The lowest BCUT2D eigenvalue weighted by molar-refractivity contribution is 0.420. The van der Waals surface area contributed by atoms with Gasteiger partial charge >= 0.3 is 0 Å². The van der Waals surface area contributed by atoms with Gasteiger partial charge in [0, 0.05) is 18.5 Å². The van der Waals surface area contributed by atoms with E-state index in [1.807, 2.05) is 23.9 Å². The molecule has 0 radical (unpaired) electrons. The number of thioether (sulfide) groups is 1. The first-order valence-electron chi connectivity index (χ1n) is 8.38. The van der Waals surface area contributed by atoms with Crippen molar-refractivity contribution in [2.75, 3.05) is 5.75 Å². The van der Waals surface area contributed by atoms with E-state index in [0.717, 1.165) is 37.1 Å². The van der Waals surface area contributed by atoms with E-state index in [4.69, 9.17) is 4.42 Å². The predicted molar refractivity (Wildman–Crippen MR) is 95.0 cm³/mol. The maximum Gasteiger partial charge on any atom is 0.276 e. The minimum Gasteiger partial charge on any atom is -0.416 e. The Hall–Kier alpha value is -2.15. The molecular formula is C18H21FN4OS. The fourth-order valence-electron chi connectivity index (χ4n) is 2.49. The molecule has 0 aliphatic carbocycles. The standard InChI is InChI=1S/C18H21FN4OS/c1-14-12-20-23(13-14)8-3-2-4-9-25-18-22-21-17(24-18)11-15-6-5-7-16(19)10-15/h5-7,10,12-13H,2-4,8-9,11H2,1H3. The van der Waals surface area contributed by atoms with Crippen LogP contribution in [0.1, 0.15) is 36.3 Å². The summed E-state index contributed by atoms with van der Waals surface area (Å²) in [6.07, 6.45) is 7.73. The minimum absolute atomic E-state index is 0.253. The van der Waals surface area contributed by atoms with Crippen molar-refractivity contribution < 1.29 is 8.81 Å². The Morgan fingerprint density at radius 2 is 2.12 bits per heavy atom. The Labute approximate surface area is 150 Å². The first-order chi connectivity index (χ1) is 12.2. The van der Waals surface area contributed by atoms with Crippen LogP contribution in [0.5, 0.6) is 0 Å². The zero-order valence-corrected chi connectivity index (χ0v) is 15.0. The molecule has 7 heteroatoms. The van der Waals surface area contributed by atoms with Crippen LogP contribution in [-0.4, -0.2) is 25.7 Å². The van der Waals surface area contributed by atoms with Crippen molar-refractivity contribution in [2.45, 2.75) is 44.4 Å². The topological polar surface area (TPSA) is 56.7 Å². The van der Waals surface area contributed by atoms with Crippen molar-refractivity contribution in [1.82, 2.24) is 20.0 Å². The second-order valence-corrected chi connectivity index (χ2v) is 7.00. The highest BCUT2D eigenvalue weighted by molar-refractivity contribution is 7.99. The van der Waals surface area contributed by atoms with E-state index < -0.39 is 0 Å². The molecule has 0 fully saturated rings. The summed E-state index contributed by atoms with van der Waals surface area (Å²) in [7, 11) is 0. The number of halogens is 1. The molecule has 0 spiro atoms. The Balaban J connectivity index is 1.34. The average Bonchev–Trinajstić information content (AvgIpc) is 3.20. The van der Waals surface area contributed by atoms with E-state index in [1.54, 1.807) is 17.8 Å². The van der Waals surface area contributed by atoms with Gasteiger partial charge in [0.1, 0.15) is 5.82 Å². The number of aromatic nitrogens is 4. The van der Waals surface area contributed by atoms with Gasteiger partial charge in [0.05, 0.1) is 12.6 Å². The summed E-state index contributed by atoms with van der Waals surface area (Å²) in [5.41, 5.74) is 2.02. The molecule has 3 aromatic rings. The first kappa shape index (κ1) is 17.7. The third-order valence-corrected chi connectivity index (χ3v) is 4.62. The normalized spacial score (nSPS) is 11.1. The molecule has 2 heterocycles. The second kappa shape index (κ2) is 8.80. The second-order valence-electron chi connectivity index (χ2n) is 5.96. The number of benzene rings is 1. The zero-order valence-electron chi connectivity index (χ0n) is 14.2. The van der Waals surface area contributed by atoms with Gasteiger partial charge in [0.15, 0.2) is 0 Å². The van der Waals surface area contributed by atoms with E-state index in [2.05, 4.69) is 21.5 Å². The third-order valence-electron chi connectivity index (χ3n) is 3.71. The van der Waals surface area contributed by atoms with Crippen LogP contribution >= 0.6 is 11.8 Å². The van der Waals surface area contributed by atoms with Crippen LogP contribution in [0, 0.1) is 12.7 Å². The van der Waals surface area contributed by atoms with Gasteiger partial charge in [-0.05, 0) is 43.0 Å². The van der Waals surface area contributed by atoms with E-state index >= 15 is 0 Å². The minimum atomic E-state index is -0.253. The summed E-state index contributed by atoms with van der Waals surface area (Å²) in [6, 6.07) is 6.44. The van der Waals surface area contributed by atoms with Crippen LogP contribution in [0.15, 0.2) is 46.3 Å². The van der Waals surface area contributed by atoms with Crippen molar-refractivity contribution >= 4 is 11.8 Å². The number of aryl methyl sites for hydroxylation is 2. The SMILES string of the molecule is Cc1cnn(CCCCCSc2nnc(Cc3cccc(F)c3)o2)c1. The summed E-state index contributed by atoms with van der Waals surface area (Å²) in [6.45, 7) is 3.00. The third kappa shape index (κ3) is 5.70. The Bertz CT molecular complexity index is 802. The monoisotopic (exact) mass is 360 g/mol. The molecule has 0 atom stereocenters. The maximum absolute atomic E-state index is 13.2. The highest BCUT2D eigenvalue weighted by Gasteiger charge is 2.08. The number of hydrogen-bond acceptors (Lipinski definition) is 5. The zero-order chi connectivity index (χ0) is 17.5. The fourth-order valence-corrected chi connectivity index (χ4v) is 3.27. The van der Waals surface area contributed by atoms with Crippen molar-refractivity contribution in [2.24, 2.45) is 0 Å². The molecular weight excluding hydrogens is 339 g/mol. The van der Waals surface area contributed by atoms with Gasteiger partial charge in [-0.2, -0.15) is 5.10 Å². The fraction of sp³-hybridized carbons (Fsp3) is 0.389. The molecule has 0 bridgehead atoms. The molecule has 0 unspecified atom stereocenters. The number of nitrogens with zero attached hydrogens (tertiary/aromatic N) is 4. The van der Waals surface area contributed by atoms with Crippen LogP contribution in [-0.2, 0) is 13.0 Å². The Morgan fingerprint density at radius 3 is 2.92 bits per heavy atom. The first-order valence-corrected chi connectivity index (χ1v) is 9.36. The van der Waals surface area contributed by atoms with Crippen LogP contribution in [0.4, 0.5) is 4.39 Å². The summed E-state index contributed by atoms with van der Waals surface area (Å²) in [5, 5.41) is 12.9. The van der Waals surface area contributed by atoms with Gasteiger partial charge < -0.3 is 4.42 Å². The van der Waals surface area contributed by atoms with E-state index in [-0.39, 0.29) is 5.82 Å². The molecule has 0 aliphatic rings. The lowest BCUT2D eigenvalue weighted by Crippen LogP contribution is -1.98. The molecule has 0 saturated carbocycles. The van der Waals surface area contributed by atoms with Gasteiger partial charge in [0.2, 0.25) is 5.89 Å². The lowest BCUT2D eigenvalue weighted by atomic mass is 10.1. The van der Waals surface area contributed by atoms with Crippen molar-refractivity contribution in [3.05, 3.63) is 59.5 Å². The largest absolute Gasteiger partial charge is 0.416 e. The lowest BCUT2D eigenvalue weighted by Gasteiger charge is -2.01. The van der Waals surface area contributed by atoms with Crippen molar-refractivity contribution in [3.63, 3.8) is 0 Å². The highest BCUT2D eigenvalue weighted by Crippen LogP contribution is 2.19. The predicted octanol–water partition coefficient (Wildman–Crippen LogP) is 4.27. The molecule has 0 N–H and O–H groups in total. The van der Waals surface area contributed by atoms with Gasteiger partial charge in [0.25, 0.3) is 5.22 Å². The van der Waals surface area contributed by atoms with Gasteiger partial charge in [-0.25, -0.2) is 4.39 Å². The van der Waals surface area contributed by atoms with E-state index in [1.165, 1.54) is 17.7 Å². The maximum atomic E-state index is 13.2. The van der Waals surface area contributed by atoms with Crippen LogP contribution in [0.2, 0.25) is 0 Å².